The van der Waals surface area contributed by atoms with Crippen molar-refractivity contribution in [2.45, 2.75) is 30.8 Å². The van der Waals surface area contributed by atoms with Crippen LogP contribution in [-0.4, -0.2) is 71.2 Å². The van der Waals surface area contributed by atoms with Crippen LogP contribution in [0.1, 0.15) is 34.7 Å². The Bertz CT molecular complexity index is 1120. The first kappa shape index (κ1) is 22.6. The third-order valence-corrected chi connectivity index (χ3v) is 7.30. The molecule has 6 nitrogen and oxygen atoms in total. The molecule has 1 amide bonds. The van der Waals surface area contributed by atoms with Gasteiger partial charge in [0.1, 0.15) is 5.75 Å². The number of aliphatic hydroxyl groups is 1. The average Bonchev–Trinajstić information content (AvgIpc) is 2.88. The van der Waals surface area contributed by atoms with Crippen molar-refractivity contribution < 1.29 is 14.6 Å². The Morgan fingerprint density at radius 3 is 2.50 bits per heavy atom. The molecule has 2 aliphatic rings. The number of hydrogen-bond acceptors (Lipinski definition) is 5. The normalized spacial score (nSPS) is 22.8. The molecule has 6 heteroatoms. The maximum Gasteiger partial charge on any atom is 0.254 e. The fraction of sp³-hybridized carbons (Fsp3) is 0.357. The number of rotatable bonds is 5. The van der Waals surface area contributed by atoms with Crippen LogP contribution in [0.5, 0.6) is 5.75 Å². The van der Waals surface area contributed by atoms with Crippen molar-refractivity contribution in [3.05, 3.63) is 84.2 Å². The van der Waals surface area contributed by atoms with Gasteiger partial charge in [0.25, 0.3) is 5.91 Å². The van der Waals surface area contributed by atoms with Gasteiger partial charge in [0.05, 0.1) is 13.7 Å². The molecule has 1 N–H and O–H groups in total. The Kier molecular flexibility index (Phi) is 6.61. The summed E-state index contributed by atoms with van der Waals surface area (Å²) >= 11 is 0. The second-order valence-corrected chi connectivity index (χ2v) is 9.10. The lowest BCUT2D eigenvalue weighted by atomic mass is 9.74. The van der Waals surface area contributed by atoms with Crippen LogP contribution in [0.3, 0.4) is 0 Å². The molecule has 0 aliphatic carbocycles. The number of carbonyl (C=O) groups excluding carboxylic acids is 1. The minimum Gasteiger partial charge on any atom is -0.496 e. The summed E-state index contributed by atoms with van der Waals surface area (Å²) in [6, 6.07) is 20.5. The van der Waals surface area contributed by atoms with E-state index in [0.29, 0.717) is 12.1 Å². The second kappa shape index (κ2) is 9.95. The van der Waals surface area contributed by atoms with E-state index in [4.69, 9.17) is 4.74 Å². The van der Waals surface area contributed by atoms with Crippen molar-refractivity contribution in [1.29, 1.82) is 0 Å². The molecule has 0 radical (unpaired) electrons. The van der Waals surface area contributed by atoms with Crippen LogP contribution >= 0.6 is 0 Å². The summed E-state index contributed by atoms with van der Waals surface area (Å²) in [4.78, 5) is 21.6. The van der Waals surface area contributed by atoms with Gasteiger partial charge in [0.2, 0.25) is 0 Å². The molecular weight excluding hydrogens is 426 g/mol. The number of aromatic nitrogens is 1. The molecule has 2 aliphatic heterocycles. The van der Waals surface area contributed by atoms with Gasteiger partial charge in [-0.1, -0.05) is 42.5 Å². The van der Waals surface area contributed by atoms with E-state index in [1.165, 1.54) is 5.56 Å². The van der Waals surface area contributed by atoms with Crippen LogP contribution in [0.4, 0.5) is 0 Å². The average molecular weight is 458 g/mol. The van der Waals surface area contributed by atoms with Crippen molar-refractivity contribution in [2.24, 2.45) is 0 Å². The lowest BCUT2D eigenvalue weighted by Gasteiger charge is -2.57. The Labute approximate surface area is 200 Å². The quantitative estimate of drug-likeness (QED) is 0.631. The number of aliphatic hydroxyl groups excluding tert-OH is 1. The molecule has 0 spiro atoms. The number of hydrogen-bond donors (Lipinski definition) is 1. The van der Waals surface area contributed by atoms with E-state index in [-0.39, 0.29) is 30.5 Å². The van der Waals surface area contributed by atoms with Crippen molar-refractivity contribution in [1.82, 2.24) is 14.8 Å². The lowest BCUT2D eigenvalue weighted by molar-refractivity contribution is -0.0606. The van der Waals surface area contributed by atoms with Crippen molar-refractivity contribution in [2.75, 3.05) is 33.4 Å². The zero-order valence-electron chi connectivity index (χ0n) is 19.5. The monoisotopic (exact) mass is 457 g/mol. The third kappa shape index (κ3) is 4.19. The molecule has 176 valence electrons. The minimum absolute atomic E-state index is 0.0574. The number of ether oxygens (including phenoxy) is 1. The summed E-state index contributed by atoms with van der Waals surface area (Å²) in [5.74, 6) is 1.09. The topological polar surface area (TPSA) is 65.9 Å². The third-order valence-electron chi connectivity index (χ3n) is 7.30. The smallest absolute Gasteiger partial charge is 0.254 e. The maximum atomic E-state index is 13.2. The van der Waals surface area contributed by atoms with Crippen molar-refractivity contribution in [3.8, 4) is 16.9 Å². The van der Waals surface area contributed by atoms with Crippen LogP contribution in [0.15, 0.2) is 73.1 Å². The first-order valence-electron chi connectivity index (χ1n) is 12.0. The first-order valence-corrected chi connectivity index (χ1v) is 12.0. The van der Waals surface area contributed by atoms with E-state index < -0.39 is 0 Å². The Balaban J connectivity index is 1.40. The summed E-state index contributed by atoms with van der Waals surface area (Å²) in [6.45, 7) is 2.50. The first-order chi connectivity index (χ1) is 16.7. The number of carbonyl (C=O) groups is 1. The Hall–Kier alpha value is -3.22. The molecule has 0 bridgehead atoms. The predicted molar refractivity (Wildman–Crippen MR) is 132 cm³/mol. The van der Waals surface area contributed by atoms with Gasteiger partial charge in [-0.05, 0) is 48.7 Å². The largest absolute Gasteiger partial charge is 0.496 e. The van der Waals surface area contributed by atoms with E-state index >= 15 is 0 Å². The van der Waals surface area contributed by atoms with Crippen LogP contribution in [0, 0.1) is 0 Å². The molecular formula is C28H31N3O3. The van der Waals surface area contributed by atoms with Gasteiger partial charge in [-0.3, -0.25) is 14.7 Å². The van der Waals surface area contributed by atoms with Gasteiger partial charge in [0, 0.05) is 54.6 Å². The van der Waals surface area contributed by atoms with Gasteiger partial charge in [-0.15, -0.1) is 0 Å². The van der Waals surface area contributed by atoms with Crippen LogP contribution in [0.2, 0.25) is 0 Å². The number of methoxy groups -OCH3 is 1. The van der Waals surface area contributed by atoms with Crippen LogP contribution in [0.25, 0.3) is 11.1 Å². The maximum absolute atomic E-state index is 13.2. The number of fused-ring (bicyclic) bond motifs is 1. The predicted octanol–water partition coefficient (Wildman–Crippen LogP) is 3.82. The number of para-hydroxylation sites is 1. The van der Waals surface area contributed by atoms with E-state index in [1.807, 2.05) is 23.1 Å². The molecule has 3 aromatic rings. The minimum atomic E-state index is 0.0574. The Morgan fingerprint density at radius 1 is 1.03 bits per heavy atom. The molecule has 2 saturated heterocycles. The number of benzene rings is 2. The zero-order chi connectivity index (χ0) is 23.5. The Morgan fingerprint density at radius 2 is 1.76 bits per heavy atom. The molecule has 34 heavy (non-hydrogen) atoms. The summed E-state index contributed by atoms with van der Waals surface area (Å²) in [5, 5.41) is 10.2. The second-order valence-electron chi connectivity index (χ2n) is 9.10. The molecule has 1 aromatic heterocycles. The summed E-state index contributed by atoms with van der Waals surface area (Å²) in [7, 11) is 1.69. The highest BCUT2D eigenvalue weighted by Crippen LogP contribution is 2.42. The summed E-state index contributed by atoms with van der Waals surface area (Å²) in [5.41, 5.74) is 4.05. The van der Waals surface area contributed by atoms with E-state index in [1.54, 1.807) is 31.6 Å². The highest BCUT2D eigenvalue weighted by molar-refractivity contribution is 5.94. The standard InChI is InChI=1S/C28H31N3O3/c1-34-26-7-3-2-6-23(26)20-8-10-21(11-9-20)27-24-18-30(28(33)22-12-14-29-15-13-22)16-4-5-17-31(24)25(27)19-32/h2-3,6-15,24-25,27,32H,4-5,16-19H2,1H3/t24-,25-,27+/m1/s1. The van der Waals surface area contributed by atoms with Crippen LogP contribution < -0.4 is 4.74 Å². The van der Waals surface area contributed by atoms with E-state index in [0.717, 1.165) is 42.8 Å². The summed E-state index contributed by atoms with van der Waals surface area (Å²) in [6.07, 6.45) is 5.32. The lowest BCUT2D eigenvalue weighted by Crippen LogP contribution is -2.67. The number of nitrogens with zero attached hydrogens (tertiary/aromatic N) is 3. The molecule has 0 saturated carbocycles. The van der Waals surface area contributed by atoms with Gasteiger partial charge in [-0.2, -0.15) is 0 Å². The van der Waals surface area contributed by atoms with Gasteiger partial charge in [-0.25, -0.2) is 0 Å². The highest BCUT2D eigenvalue weighted by atomic mass is 16.5. The fourth-order valence-electron chi connectivity index (χ4n) is 5.57. The molecule has 3 atom stereocenters. The van der Waals surface area contributed by atoms with Gasteiger partial charge in [0.15, 0.2) is 0 Å². The number of amides is 1. The zero-order valence-corrected chi connectivity index (χ0v) is 19.5. The molecule has 3 heterocycles. The van der Waals surface area contributed by atoms with E-state index in [9.17, 15) is 9.90 Å². The highest BCUT2D eigenvalue weighted by Gasteiger charge is 2.49. The molecule has 2 aromatic carbocycles. The van der Waals surface area contributed by atoms with Crippen molar-refractivity contribution >= 4 is 5.91 Å². The van der Waals surface area contributed by atoms with Gasteiger partial charge >= 0.3 is 0 Å². The molecule has 5 rings (SSSR count). The van der Waals surface area contributed by atoms with E-state index in [2.05, 4.69) is 40.2 Å². The van der Waals surface area contributed by atoms with Gasteiger partial charge < -0.3 is 14.7 Å². The summed E-state index contributed by atoms with van der Waals surface area (Å²) < 4.78 is 5.53. The fourth-order valence-corrected chi connectivity index (χ4v) is 5.57. The molecule has 0 unspecified atom stereocenters. The van der Waals surface area contributed by atoms with Crippen LogP contribution in [-0.2, 0) is 0 Å². The SMILES string of the molecule is COc1ccccc1-c1ccc([C@@H]2[C@@H](CO)N3CCCCN(C(=O)c4ccncc4)C[C@H]23)cc1. The molecule has 2 fully saturated rings. The number of pyridine rings is 1. The van der Waals surface area contributed by atoms with Crippen molar-refractivity contribution in [3.63, 3.8) is 0 Å².